The van der Waals surface area contributed by atoms with E-state index in [2.05, 4.69) is 19.2 Å². The first-order chi connectivity index (χ1) is 14.4. The molecule has 1 atom stereocenters. The van der Waals surface area contributed by atoms with Crippen LogP contribution >= 0.6 is 11.6 Å². The molecular formula is C24H22ClFN2O2. The molecular weight excluding hydrogens is 403 g/mol. The Morgan fingerprint density at radius 2 is 1.83 bits per heavy atom. The molecule has 3 aromatic carbocycles. The number of hydrogen-bond acceptors (Lipinski definition) is 3. The fourth-order valence-electron chi connectivity index (χ4n) is 3.40. The minimum absolute atomic E-state index is 0.0321. The topological polar surface area (TPSA) is 41.6 Å². The summed E-state index contributed by atoms with van der Waals surface area (Å²) in [5.74, 6) is 0.488. The van der Waals surface area contributed by atoms with Gasteiger partial charge in [0.25, 0.3) is 5.91 Å². The molecule has 0 radical (unpaired) electrons. The molecule has 0 bridgehead atoms. The molecule has 1 aliphatic rings. The van der Waals surface area contributed by atoms with E-state index >= 15 is 0 Å². The molecule has 0 aromatic heterocycles. The van der Waals surface area contributed by atoms with Gasteiger partial charge in [0.15, 0.2) is 0 Å². The lowest BCUT2D eigenvalue weighted by molar-refractivity contribution is 0.0975. The van der Waals surface area contributed by atoms with Crippen LogP contribution in [0.3, 0.4) is 0 Å². The second kappa shape index (κ2) is 8.36. The van der Waals surface area contributed by atoms with Crippen LogP contribution in [0.25, 0.3) is 0 Å². The molecule has 30 heavy (non-hydrogen) atoms. The van der Waals surface area contributed by atoms with Gasteiger partial charge in [-0.25, -0.2) is 4.39 Å². The van der Waals surface area contributed by atoms with Crippen LogP contribution in [0.2, 0.25) is 5.02 Å². The van der Waals surface area contributed by atoms with Crippen molar-refractivity contribution in [1.29, 1.82) is 0 Å². The number of halogens is 2. The van der Waals surface area contributed by atoms with Gasteiger partial charge in [0.05, 0.1) is 17.2 Å². The lowest BCUT2D eigenvalue weighted by atomic mass is 10.0. The maximum Gasteiger partial charge on any atom is 0.262 e. The van der Waals surface area contributed by atoms with Gasteiger partial charge in [-0.2, -0.15) is 0 Å². The van der Waals surface area contributed by atoms with Crippen LogP contribution in [0.4, 0.5) is 15.8 Å². The standard InChI is InChI=1S/C24H22ClFN2O2/c1-15(2)14-30-18-10-7-16(8-11-18)23-27-22-6-4-3-5-19(22)24(29)28(23)17-9-12-21(26)20(25)13-17/h3-13,15,23,27H,14H2,1-2H3. The first-order valence-corrected chi connectivity index (χ1v) is 10.2. The molecule has 0 aliphatic carbocycles. The summed E-state index contributed by atoms with van der Waals surface area (Å²) in [6.07, 6.45) is -0.479. The van der Waals surface area contributed by atoms with Crippen molar-refractivity contribution in [2.24, 2.45) is 5.92 Å². The van der Waals surface area contributed by atoms with Crippen molar-refractivity contribution in [2.75, 3.05) is 16.8 Å². The number of anilines is 2. The molecule has 0 fully saturated rings. The van der Waals surface area contributed by atoms with E-state index in [4.69, 9.17) is 16.3 Å². The molecule has 0 saturated heterocycles. The highest BCUT2D eigenvalue weighted by Crippen LogP contribution is 2.38. The first kappa shape index (κ1) is 20.2. The van der Waals surface area contributed by atoms with Crippen LogP contribution in [0.5, 0.6) is 5.75 Å². The largest absolute Gasteiger partial charge is 0.493 e. The number of amides is 1. The van der Waals surface area contributed by atoms with Crippen LogP contribution in [0.1, 0.15) is 35.9 Å². The van der Waals surface area contributed by atoms with Crippen molar-refractivity contribution in [1.82, 2.24) is 0 Å². The van der Waals surface area contributed by atoms with Crippen LogP contribution < -0.4 is 15.0 Å². The summed E-state index contributed by atoms with van der Waals surface area (Å²) in [6.45, 7) is 4.82. The van der Waals surface area contributed by atoms with Gasteiger partial charge in [0.1, 0.15) is 17.7 Å². The number of carbonyl (C=O) groups is 1. The Bertz CT molecular complexity index is 1070. The summed E-state index contributed by atoms with van der Waals surface area (Å²) < 4.78 is 19.5. The minimum Gasteiger partial charge on any atom is -0.493 e. The van der Waals surface area contributed by atoms with Crippen LogP contribution in [-0.4, -0.2) is 12.5 Å². The lowest BCUT2D eigenvalue weighted by Crippen LogP contribution is -2.43. The highest BCUT2D eigenvalue weighted by Gasteiger charge is 2.34. The Morgan fingerprint density at radius 3 is 2.53 bits per heavy atom. The number of hydrogen-bond donors (Lipinski definition) is 1. The predicted molar refractivity (Wildman–Crippen MR) is 118 cm³/mol. The molecule has 0 saturated carbocycles. The zero-order valence-electron chi connectivity index (χ0n) is 16.7. The molecule has 4 nitrogen and oxygen atoms in total. The van der Waals surface area contributed by atoms with E-state index in [0.717, 1.165) is 17.0 Å². The Hall–Kier alpha value is -3.05. The summed E-state index contributed by atoms with van der Waals surface area (Å²) in [5.41, 5.74) is 2.68. The van der Waals surface area contributed by atoms with Crippen LogP contribution in [-0.2, 0) is 0 Å². The maximum atomic E-state index is 13.7. The number of benzene rings is 3. The van der Waals surface area contributed by atoms with E-state index in [9.17, 15) is 9.18 Å². The minimum atomic E-state index is -0.526. The third kappa shape index (κ3) is 3.98. The summed E-state index contributed by atoms with van der Waals surface area (Å²) in [7, 11) is 0. The average Bonchev–Trinajstić information content (AvgIpc) is 2.75. The monoisotopic (exact) mass is 424 g/mol. The Kier molecular flexibility index (Phi) is 5.64. The molecule has 1 heterocycles. The molecule has 6 heteroatoms. The first-order valence-electron chi connectivity index (χ1n) is 9.81. The van der Waals surface area contributed by atoms with E-state index < -0.39 is 12.0 Å². The molecule has 1 unspecified atom stereocenters. The summed E-state index contributed by atoms with van der Waals surface area (Å²) in [6, 6.07) is 19.3. The van der Waals surface area contributed by atoms with Crippen LogP contribution in [0, 0.1) is 11.7 Å². The molecule has 3 aromatic rings. The highest BCUT2D eigenvalue weighted by atomic mass is 35.5. The van der Waals surface area contributed by atoms with E-state index in [1.807, 2.05) is 42.5 Å². The van der Waals surface area contributed by atoms with E-state index in [0.29, 0.717) is 23.8 Å². The quantitative estimate of drug-likeness (QED) is 0.523. The maximum absolute atomic E-state index is 13.7. The fourth-order valence-corrected chi connectivity index (χ4v) is 3.57. The van der Waals surface area contributed by atoms with Crippen molar-refractivity contribution in [2.45, 2.75) is 20.0 Å². The third-order valence-corrected chi connectivity index (χ3v) is 5.18. The smallest absolute Gasteiger partial charge is 0.262 e. The Morgan fingerprint density at radius 1 is 1.10 bits per heavy atom. The second-order valence-electron chi connectivity index (χ2n) is 7.64. The normalized spacial score (nSPS) is 15.7. The van der Waals surface area contributed by atoms with Gasteiger partial charge in [0, 0.05) is 11.4 Å². The predicted octanol–water partition coefficient (Wildman–Crippen LogP) is 6.29. The second-order valence-corrected chi connectivity index (χ2v) is 8.05. The van der Waals surface area contributed by atoms with Gasteiger partial charge < -0.3 is 10.1 Å². The van der Waals surface area contributed by atoms with Crippen molar-refractivity contribution >= 4 is 28.9 Å². The average molecular weight is 425 g/mol. The number of fused-ring (bicyclic) bond motifs is 1. The third-order valence-electron chi connectivity index (χ3n) is 4.89. The van der Waals surface area contributed by atoms with Crippen molar-refractivity contribution < 1.29 is 13.9 Å². The zero-order chi connectivity index (χ0) is 21.3. The summed E-state index contributed by atoms with van der Waals surface area (Å²) >= 11 is 6.01. The van der Waals surface area contributed by atoms with Gasteiger partial charge in [-0.1, -0.05) is 49.7 Å². The Balaban J connectivity index is 1.73. The molecule has 0 spiro atoms. The van der Waals surface area contributed by atoms with Crippen molar-refractivity contribution in [3.63, 3.8) is 0 Å². The van der Waals surface area contributed by atoms with E-state index in [1.165, 1.54) is 12.1 Å². The van der Waals surface area contributed by atoms with Gasteiger partial charge in [-0.15, -0.1) is 0 Å². The molecule has 154 valence electrons. The number of ether oxygens (including phenoxy) is 1. The number of nitrogens with zero attached hydrogens (tertiary/aromatic N) is 1. The van der Waals surface area contributed by atoms with Crippen LogP contribution in [0.15, 0.2) is 66.7 Å². The lowest BCUT2D eigenvalue weighted by Gasteiger charge is -2.38. The van der Waals surface area contributed by atoms with Crippen molar-refractivity contribution in [3.05, 3.63) is 88.7 Å². The number of rotatable bonds is 5. The van der Waals surface area contributed by atoms with Gasteiger partial charge >= 0.3 is 0 Å². The number of carbonyl (C=O) groups excluding carboxylic acids is 1. The van der Waals surface area contributed by atoms with E-state index in [1.54, 1.807) is 17.0 Å². The number of nitrogens with one attached hydrogen (secondary N) is 1. The van der Waals surface area contributed by atoms with Crippen molar-refractivity contribution in [3.8, 4) is 5.75 Å². The molecule has 1 aliphatic heterocycles. The van der Waals surface area contributed by atoms with E-state index in [-0.39, 0.29) is 10.9 Å². The fraction of sp³-hybridized carbons (Fsp3) is 0.208. The SMILES string of the molecule is CC(C)COc1ccc(C2Nc3ccccc3C(=O)N2c2ccc(F)c(Cl)c2)cc1. The summed E-state index contributed by atoms with van der Waals surface area (Å²) in [4.78, 5) is 15.0. The summed E-state index contributed by atoms with van der Waals surface area (Å²) in [5, 5.41) is 3.39. The van der Waals surface area contributed by atoms with Gasteiger partial charge in [0.2, 0.25) is 0 Å². The van der Waals surface area contributed by atoms with Gasteiger partial charge in [-0.3, -0.25) is 9.69 Å². The highest BCUT2D eigenvalue weighted by molar-refractivity contribution is 6.31. The molecule has 1 amide bonds. The molecule has 1 N–H and O–H groups in total. The number of para-hydroxylation sites is 1. The zero-order valence-corrected chi connectivity index (χ0v) is 17.5. The Labute approximate surface area is 180 Å². The van der Waals surface area contributed by atoms with Gasteiger partial charge in [-0.05, 0) is 53.9 Å². The molecule has 4 rings (SSSR count).